The van der Waals surface area contributed by atoms with Gasteiger partial charge in [0.25, 0.3) is 0 Å². The third-order valence-electron chi connectivity index (χ3n) is 5.85. The lowest BCUT2D eigenvalue weighted by Gasteiger charge is -2.39. The zero-order valence-electron chi connectivity index (χ0n) is 15.5. The van der Waals surface area contributed by atoms with Crippen molar-refractivity contribution in [3.8, 4) is 0 Å². The molecule has 7 heteroatoms. The van der Waals surface area contributed by atoms with Crippen LogP contribution in [-0.2, 0) is 22.7 Å². The number of nitrogens with zero attached hydrogens (tertiary/aromatic N) is 5. The molecule has 2 aliphatic heterocycles. The van der Waals surface area contributed by atoms with Crippen LogP contribution >= 0.6 is 0 Å². The van der Waals surface area contributed by atoms with Crippen molar-refractivity contribution in [2.45, 2.75) is 38.8 Å². The Hall–Kier alpha value is -2.70. The molecule has 2 fully saturated rings. The summed E-state index contributed by atoms with van der Waals surface area (Å²) < 4.78 is 1.82. The zero-order chi connectivity index (χ0) is 18.7. The van der Waals surface area contributed by atoms with Gasteiger partial charge >= 0.3 is 0 Å². The molecule has 0 N–H and O–H groups in total. The van der Waals surface area contributed by atoms with Gasteiger partial charge in [0.15, 0.2) is 0 Å². The highest BCUT2D eigenvalue weighted by Gasteiger charge is 2.45. The average Bonchev–Trinajstić information content (AvgIpc) is 3.30. The first kappa shape index (κ1) is 17.7. The van der Waals surface area contributed by atoms with Crippen molar-refractivity contribution in [2.24, 2.45) is 5.41 Å². The molecule has 4 rings (SSSR count). The van der Waals surface area contributed by atoms with E-state index in [0.717, 1.165) is 32.5 Å². The van der Waals surface area contributed by atoms with Gasteiger partial charge in [0, 0.05) is 51.0 Å². The van der Waals surface area contributed by atoms with Gasteiger partial charge in [0.05, 0.1) is 0 Å². The Morgan fingerprint density at radius 2 is 1.78 bits per heavy atom. The molecule has 2 aromatic rings. The second-order valence-electron chi connectivity index (χ2n) is 7.74. The highest BCUT2D eigenvalue weighted by Crippen LogP contribution is 2.41. The second kappa shape index (κ2) is 7.50. The molecule has 0 saturated carbocycles. The maximum atomic E-state index is 12.5. The van der Waals surface area contributed by atoms with Gasteiger partial charge in [-0.15, -0.1) is 10.2 Å². The topological polar surface area (TPSA) is 71.3 Å². The van der Waals surface area contributed by atoms with Gasteiger partial charge in [-0.05, 0) is 18.4 Å². The van der Waals surface area contributed by atoms with Crippen molar-refractivity contribution >= 4 is 11.8 Å². The van der Waals surface area contributed by atoms with Crippen LogP contribution in [0.1, 0.15) is 31.2 Å². The lowest BCUT2D eigenvalue weighted by molar-refractivity contribution is -0.133. The molecule has 2 saturated heterocycles. The van der Waals surface area contributed by atoms with Gasteiger partial charge in [-0.3, -0.25) is 9.59 Å². The lowest BCUT2D eigenvalue weighted by Crippen LogP contribution is -2.44. The van der Waals surface area contributed by atoms with E-state index in [9.17, 15) is 9.59 Å². The predicted molar refractivity (Wildman–Crippen MR) is 99.4 cm³/mol. The van der Waals surface area contributed by atoms with Crippen LogP contribution in [0.5, 0.6) is 0 Å². The molecule has 2 aliphatic rings. The summed E-state index contributed by atoms with van der Waals surface area (Å²) in [5.74, 6) is 0.412. The molecule has 0 radical (unpaired) electrons. The minimum atomic E-state index is 0.0386. The van der Waals surface area contributed by atoms with Gasteiger partial charge < -0.3 is 14.4 Å². The number of carbonyl (C=O) groups excluding carboxylic acids is 2. The molecule has 1 aromatic carbocycles. The minimum absolute atomic E-state index is 0.0386. The Balaban J connectivity index is 1.29. The molecule has 27 heavy (non-hydrogen) atoms. The van der Waals surface area contributed by atoms with Crippen molar-refractivity contribution in [1.82, 2.24) is 24.6 Å². The Morgan fingerprint density at radius 1 is 1.07 bits per heavy atom. The van der Waals surface area contributed by atoms with E-state index in [1.807, 2.05) is 32.6 Å². The molecule has 1 spiro atoms. The van der Waals surface area contributed by atoms with Crippen LogP contribution in [0.3, 0.4) is 0 Å². The van der Waals surface area contributed by atoms with E-state index in [4.69, 9.17) is 0 Å². The van der Waals surface area contributed by atoms with Gasteiger partial charge in [-0.25, -0.2) is 0 Å². The summed E-state index contributed by atoms with van der Waals surface area (Å²) in [6, 6.07) is 10.1. The van der Waals surface area contributed by atoms with Crippen molar-refractivity contribution in [1.29, 1.82) is 0 Å². The van der Waals surface area contributed by atoms with Gasteiger partial charge in [0.2, 0.25) is 11.8 Å². The predicted octanol–water partition coefficient (Wildman–Crippen LogP) is 1.71. The Bertz CT molecular complexity index is 782. The van der Waals surface area contributed by atoms with E-state index in [1.54, 1.807) is 12.7 Å². The fraction of sp³-hybridized carbons (Fsp3) is 0.500. The summed E-state index contributed by atoms with van der Waals surface area (Å²) in [6.45, 7) is 3.59. The van der Waals surface area contributed by atoms with Crippen LogP contribution in [0.2, 0.25) is 0 Å². The van der Waals surface area contributed by atoms with Crippen molar-refractivity contribution in [3.63, 3.8) is 0 Å². The molecule has 0 unspecified atom stereocenters. The summed E-state index contributed by atoms with van der Waals surface area (Å²) in [7, 11) is 0. The number of amides is 2. The summed E-state index contributed by atoms with van der Waals surface area (Å²) in [5, 5.41) is 7.51. The molecule has 0 atom stereocenters. The molecule has 7 nitrogen and oxygen atoms in total. The number of piperidine rings is 1. The number of carbonyl (C=O) groups is 2. The number of benzene rings is 1. The van der Waals surface area contributed by atoms with E-state index in [0.29, 0.717) is 25.9 Å². The normalized spacial score (nSPS) is 19.0. The molecule has 142 valence electrons. The first-order valence-electron chi connectivity index (χ1n) is 9.55. The van der Waals surface area contributed by atoms with E-state index in [1.165, 1.54) is 5.56 Å². The van der Waals surface area contributed by atoms with Crippen LogP contribution in [0, 0.1) is 5.41 Å². The van der Waals surface area contributed by atoms with Crippen LogP contribution in [0.15, 0.2) is 43.0 Å². The Morgan fingerprint density at radius 3 is 2.48 bits per heavy atom. The maximum absolute atomic E-state index is 12.5. The fourth-order valence-corrected chi connectivity index (χ4v) is 4.22. The molecular formula is C20H25N5O2. The second-order valence-corrected chi connectivity index (χ2v) is 7.74. The third-order valence-corrected chi connectivity index (χ3v) is 5.85. The van der Waals surface area contributed by atoms with Gasteiger partial charge in [-0.2, -0.15) is 0 Å². The van der Waals surface area contributed by atoms with Crippen molar-refractivity contribution < 1.29 is 9.59 Å². The fourth-order valence-electron chi connectivity index (χ4n) is 4.22. The largest absolute Gasteiger partial charge is 0.343 e. The van der Waals surface area contributed by atoms with Crippen LogP contribution in [-0.4, -0.2) is 56.0 Å². The molecule has 1 aromatic heterocycles. The standard InChI is InChI=1S/C20H25N5O2/c26-18(6-9-23-15-21-22-16-23)24-10-7-20(8-11-24)12-19(27)25(14-20)13-17-4-2-1-3-5-17/h1-5,15-16H,6-14H2. The minimum Gasteiger partial charge on any atom is -0.343 e. The number of aromatic nitrogens is 3. The Labute approximate surface area is 159 Å². The number of hydrogen-bond donors (Lipinski definition) is 0. The zero-order valence-corrected chi connectivity index (χ0v) is 15.5. The van der Waals surface area contributed by atoms with Crippen molar-refractivity contribution in [2.75, 3.05) is 19.6 Å². The molecule has 2 amide bonds. The van der Waals surface area contributed by atoms with E-state index in [-0.39, 0.29) is 17.2 Å². The third kappa shape index (κ3) is 4.02. The highest BCUT2D eigenvalue weighted by atomic mass is 16.2. The average molecular weight is 367 g/mol. The van der Waals surface area contributed by atoms with Gasteiger partial charge in [-0.1, -0.05) is 30.3 Å². The summed E-state index contributed by atoms with van der Waals surface area (Å²) in [6.07, 6.45) is 6.14. The number of likely N-dealkylation sites (tertiary alicyclic amines) is 2. The van der Waals surface area contributed by atoms with E-state index < -0.39 is 0 Å². The van der Waals surface area contributed by atoms with Gasteiger partial charge in [0.1, 0.15) is 12.7 Å². The van der Waals surface area contributed by atoms with Crippen LogP contribution < -0.4 is 0 Å². The molecule has 3 heterocycles. The first-order valence-corrected chi connectivity index (χ1v) is 9.55. The number of rotatable bonds is 5. The quantitative estimate of drug-likeness (QED) is 0.807. The molecule has 0 aliphatic carbocycles. The van der Waals surface area contributed by atoms with E-state index in [2.05, 4.69) is 22.3 Å². The smallest absolute Gasteiger partial charge is 0.224 e. The molecule has 0 bridgehead atoms. The van der Waals surface area contributed by atoms with Crippen LogP contribution in [0.4, 0.5) is 0 Å². The van der Waals surface area contributed by atoms with E-state index >= 15 is 0 Å². The number of hydrogen-bond acceptors (Lipinski definition) is 4. The maximum Gasteiger partial charge on any atom is 0.224 e. The molecular weight excluding hydrogens is 342 g/mol. The first-order chi connectivity index (χ1) is 13.1. The summed E-state index contributed by atoms with van der Waals surface area (Å²) in [5.41, 5.74) is 1.21. The lowest BCUT2D eigenvalue weighted by atomic mass is 9.77. The highest BCUT2D eigenvalue weighted by molar-refractivity contribution is 5.80. The summed E-state index contributed by atoms with van der Waals surface area (Å²) >= 11 is 0. The summed E-state index contributed by atoms with van der Waals surface area (Å²) in [4.78, 5) is 28.9. The van der Waals surface area contributed by atoms with Crippen LogP contribution in [0.25, 0.3) is 0 Å². The SMILES string of the molecule is O=C(CCn1cnnc1)N1CCC2(CC1)CC(=O)N(Cc1ccccc1)C2. The van der Waals surface area contributed by atoms with Crippen molar-refractivity contribution in [3.05, 3.63) is 48.5 Å². The Kier molecular flexibility index (Phi) is 4.92. The number of aryl methyl sites for hydroxylation is 1. The monoisotopic (exact) mass is 367 g/mol.